The summed E-state index contributed by atoms with van der Waals surface area (Å²) < 4.78 is 35.4. The fourth-order valence-corrected chi connectivity index (χ4v) is 5.30. The number of fused-ring (bicyclic) bond motifs is 1. The number of aromatic nitrogens is 2. The molecular weight excluding hydrogens is 422 g/mol. The zero-order chi connectivity index (χ0) is 21.5. The van der Waals surface area contributed by atoms with E-state index >= 15 is 8.78 Å². The predicted molar refractivity (Wildman–Crippen MR) is 116 cm³/mol. The van der Waals surface area contributed by atoms with Crippen LogP contribution >= 0.6 is 11.8 Å². The van der Waals surface area contributed by atoms with Gasteiger partial charge in [-0.1, -0.05) is 18.2 Å². The Morgan fingerprint density at radius 3 is 2.87 bits per heavy atom. The van der Waals surface area contributed by atoms with E-state index in [0.717, 1.165) is 15.9 Å². The summed E-state index contributed by atoms with van der Waals surface area (Å²) in [4.78, 5) is 22.2. The fraction of sp³-hybridized carbons (Fsp3) is 0.273. The summed E-state index contributed by atoms with van der Waals surface area (Å²) in [5.41, 5.74) is 2.57. The molecule has 2 unspecified atom stereocenters. The summed E-state index contributed by atoms with van der Waals surface area (Å²) in [5.74, 6) is -1.33. The number of nitrogens with one attached hydrogen (secondary N) is 2. The number of urea groups is 1. The summed E-state index contributed by atoms with van der Waals surface area (Å²) in [7, 11) is 1.61. The van der Waals surface area contributed by atoms with Crippen LogP contribution < -0.4 is 10.2 Å². The van der Waals surface area contributed by atoms with Crippen molar-refractivity contribution in [1.82, 2.24) is 15.3 Å². The standard InChI is InChI=1S/C22H20F2N4O2S/c1-30-9-14-6-12(10-31-14)15-3-4-16(21(24)20(15)23)19-8-25-22(29)28(19)13-2-5-17-18(7-13)27-11-26-17/h2-7,11-12,19H,8-10H2,1H3,(H,25,29)(H,26,27). The van der Waals surface area contributed by atoms with Crippen molar-refractivity contribution in [2.45, 2.75) is 12.0 Å². The van der Waals surface area contributed by atoms with Crippen LogP contribution in [0.5, 0.6) is 0 Å². The quantitative estimate of drug-likeness (QED) is 0.612. The molecule has 0 radical (unpaired) electrons. The highest BCUT2D eigenvalue weighted by atomic mass is 32.2. The van der Waals surface area contributed by atoms with E-state index < -0.39 is 17.7 Å². The van der Waals surface area contributed by atoms with Gasteiger partial charge in [-0.05, 0) is 23.8 Å². The van der Waals surface area contributed by atoms with Crippen molar-refractivity contribution in [3.05, 3.63) is 70.4 Å². The number of carbonyl (C=O) groups is 1. The molecule has 3 aromatic rings. The molecular formula is C22H20F2N4O2S. The van der Waals surface area contributed by atoms with Gasteiger partial charge in [-0.15, -0.1) is 11.8 Å². The number of imidazole rings is 1. The number of nitrogens with zero attached hydrogens (tertiary/aromatic N) is 2. The van der Waals surface area contributed by atoms with E-state index in [4.69, 9.17) is 4.74 Å². The molecule has 1 fully saturated rings. The van der Waals surface area contributed by atoms with E-state index in [1.54, 1.807) is 55.5 Å². The van der Waals surface area contributed by atoms with Crippen molar-refractivity contribution in [3.63, 3.8) is 0 Å². The second-order valence-corrected chi connectivity index (χ2v) is 8.68. The first-order valence-corrected chi connectivity index (χ1v) is 10.9. The number of rotatable bonds is 5. The number of halogens is 2. The van der Waals surface area contributed by atoms with Gasteiger partial charge in [0.1, 0.15) is 0 Å². The zero-order valence-electron chi connectivity index (χ0n) is 16.7. The van der Waals surface area contributed by atoms with Crippen molar-refractivity contribution >= 4 is 34.5 Å². The van der Waals surface area contributed by atoms with E-state index in [9.17, 15) is 4.79 Å². The van der Waals surface area contributed by atoms with Crippen LogP contribution in [0.15, 0.2) is 47.6 Å². The number of hydrogen-bond donors (Lipinski definition) is 2. The van der Waals surface area contributed by atoms with Crippen molar-refractivity contribution < 1.29 is 18.3 Å². The molecule has 9 heteroatoms. The van der Waals surface area contributed by atoms with Crippen molar-refractivity contribution in [2.24, 2.45) is 0 Å². The van der Waals surface area contributed by atoms with Crippen LogP contribution in [0.25, 0.3) is 11.0 Å². The van der Waals surface area contributed by atoms with Crippen LogP contribution in [-0.2, 0) is 4.74 Å². The average molecular weight is 442 g/mol. The van der Waals surface area contributed by atoms with E-state index in [1.165, 1.54) is 4.90 Å². The molecule has 2 N–H and O–H groups in total. The van der Waals surface area contributed by atoms with Crippen molar-refractivity contribution in [2.75, 3.05) is 30.9 Å². The Balaban J connectivity index is 1.49. The Labute approximate surface area is 181 Å². The number of thioether (sulfide) groups is 1. The second-order valence-electron chi connectivity index (χ2n) is 7.53. The summed E-state index contributed by atoms with van der Waals surface area (Å²) >= 11 is 1.59. The Kier molecular flexibility index (Phi) is 5.15. The first-order chi connectivity index (χ1) is 15.1. The topological polar surface area (TPSA) is 70.2 Å². The molecule has 31 heavy (non-hydrogen) atoms. The Morgan fingerprint density at radius 2 is 2.03 bits per heavy atom. The molecule has 0 spiro atoms. The number of allylic oxidation sites excluding steroid dienone is 1. The third kappa shape index (κ3) is 3.47. The lowest BCUT2D eigenvalue weighted by atomic mass is 9.95. The number of amides is 2. The van der Waals surface area contributed by atoms with Gasteiger partial charge >= 0.3 is 6.03 Å². The first-order valence-electron chi connectivity index (χ1n) is 9.87. The number of ether oxygens (including phenoxy) is 1. The number of anilines is 1. The third-order valence-electron chi connectivity index (χ3n) is 5.68. The monoisotopic (exact) mass is 442 g/mol. The number of carbonyl (C=O) groups excluding carboxylic acids is 1. The van der Waals surface area contributed by atoms with Crippen LogP contribution in [0.3, 0.4) is 0 Å². The number of benzene rings is 2. The zero-order valence-corrected chi connectivity index (χ0v) is 17.5. The van der Waals surface area contributed by atoms with Gasteiger partial charge in [-0.25, -0.2) is 18.6 Å². The van der Waals surface area contributed by atoms with Gasteiger partial charge in [0.2, 0.25) is 0 Å². The van der Waals surface area contributed by atoms with Gasteiger partial charge in [0.05, 0.1) is 30.0 Å². The van der Waals surface area contributed by atoms with Crippen LogP contribution in [0, 0.1) is 11.6 Å². The van der Waals surface area contributed by atoms with E-state index in [2.05, 4.69) is 15.3 Å². The molecule has 0 saturated carbocycles. The second kappa shape index (κ2) is 7.97. The Bertz CT molecular complexity index is 1200. The molecule has 2 aromatic carbocycles. The fourth-order valence-electron chi connectivity index (χ4n) is 4.17. The Morgan fingerprint density at radius 1 is 1.23 bits per heavy atom. The number of hydrogen-bond acceptors (Lipinski definition) is 4. The summed E-state index contributed by atoms with van der Waals surface area (Å²) in [5, 5.41) is 2.74. The molecule has 2 amide bonds. The van der Waals surface area contributed by atoms with Gasteiger partial charge in [0.25, 0.3) is 0 Å². The molecule has 2 aliphatic rings. The Hall–Kier alpha value is -2.91. The van der Waals surface area contributed by atoms with Crippen molar-refractivity contribution in [3.8, 4) is 0 Å². The van der Waals surface area contributed by atoms with Gasteiger partial charge in [0, 0.05) is 41.5 Å². The molecule has 6 nitrogen and oxygen atoms in total. The summed E-state index contributed by atoms with van der Waals surface area (Å²) in [6.45, 7) is 0.654. The highest BCUT2D eigenvalue weighted by molar-refractivity contribution is 8.03. The number of methoxy groups -OCH3 is 1. The van der Waals surface area contributed by atoms with Crippen LogP contribution in [0.1, 0.15) is 23.1 Å². The van der Waals surface area contributed by atoms with Gasteiger partial charge in [0.15, 0.2) is 11.6 Å². The average Bonchev–Trinajstić information content (AvgIpc) is 3.50. The minimum Gasteiger partial charge on any atom is -0.379 e. The number of aromatic amines is 1. The summed E-state index contributed by atoms with van der Waals surface area (Å²) in [6.07, 6.45) is 3.50. The lowest BCUT2D eigenvalue weighted by Crippen LogP contribution is -2.30. The molecule has 2 aliphatic heterocycles. The number of H-pyrrole nitrogens is 1. The van der Waals surface area contributed by atoms with Gasteiger partial charge in [-0.2, -0.15) is 0 Å². The smallest absolute Gasteiger partial charge is 0.322 e. The SMILES string of the molecule is COCC1=CC(c2ccc(C3CNC(=O)N3c3ccc4nc[nH]c4c3)c(F)c2F)CS1. The largest absolute Gasteiger partial charge is 0.379 e. The lowest BCUT2D eigenvalue weighted by Gasteiger charge is -2.24. The molecule has 160 valence electrons. The minimum atomic E-state index is -0.912. The van der Waals surface area contributed by atoms with Crippen LogP contribution in [0.4, 0.5) is 19.3 Å². The molecule has 5 rings (SSSR count). The minimum absolute atomic E-state index is 0.149. The maximum atomic E-state index is 15.2. The molecule has 1 aromatic heterocycles. The maximum absolute atomic E-state index is 15.2. The third-order valence-corrected chi connectivity index (χ3v) is 6.83. The molecule has 2 atom stereocenters. The highest BCUT2D eigenvalue weighted by Gasteiger charge is 2.36. The highest BCUT2D eigenvalue weighted by Crippen LogP contribution is 2.39. The normalized spacial score (nSPS) is 21.1. The first kappa shape index (κ1) is 20.0. The van der Waals surface area contributed by atoms with Gasteiger partial charge in [-0.3, -0.25) is 4.90 Å². The molecule has 0 bridgehead atoms. The van der Waals surface area contributed by atoms with E-state index in [1.807, 2.05) is 6.08 Å². The van der Waals surface area contributed by atoms with Crippen LogP contribution in [-0.4, -0.2) is 42.0 Å². The molecule has 1 saturated heterocycles. The van der Waals surface area contributed by atoms with E-state index in [0.29, 0.717) is 23.6 Å². The van der Waals surface area contributed by atoms with Crippen molar-refractivity contribution in [1.29, 1.82) is 0 Å². The van der Waals surface area contributed by atoms with Gasteiger partial charge < -0.3 is 15.0 Å². The van der Waals surface area contributed by atoms with E-state index in [-0.39, 0.29) is 24.1 Å². The molecule has 0 aliphatic carbocycles. The summed E-state index contributed by atoms with van der Waals surface area (Å²) in [6, 6.07) is 7.52. The molecule has 3 heterocycles. The lowest BCUT2D eigenvalue weighted by molar-refractivity contribution is 0.231. The predicted octanol–water partition coefficient (Wildman–Crippen LogP) is 4.47. The van der Waals surface area contributed by atoms with Crippen LogP contribution in [0.2, 0.25) is 0 Å². The maximum Gasteiger partial charge on any atom is 0.322 e.